The van der Waals surface area contributed by atoms with E-state index in [4.69, 9.17) is 5.73 Å². The first-order chi connectivity index (χ1) is 8.97. The molecule has 0 saturated heterocycles. The third-order valence-electron chi connectivity index (χ3n) is 2.47. The van der Waals surface area contributed by atoms with Crippen molar-refractivity contribution in [3.8, 4) is 0 Å². The Labute approximate surface area is 116 Å². The maximum absolute atomic E-state index is 11.5. The van der Waals surface area contributed by atoms with E-state index in [1.807, 2.05) is 0 Å². The van der Waals surface area contributed by atoms with Gasteiger partial charge < -0.3 is 5.73 Å². The lowest BCUT2D eigenvalue weighted by Gasteiger charge is -2.06. The number of nitro groups is 1. The van der Waals surface area contributed by atoms with Gasteiger partial charge in [0.05, 0.1) is 17.7 Å². The zero-order chi connectivity index (χ0) is 14.0. The summed E-state index contributed by atoms with van der Waals surface area (Å²) in [6, 6.07) is 5.21. The average molecular weight is 325 g/mol. The van der Waals surface area contributed by atoms with Crippen molar-refractivity contribution in [3.63, 3.8) is 0 Å². The summed E-state index contributed by atoms with van der Waals surface area (Å²) < 4.78 is 1.92. The Morgan fingerprint density at radius 3 is 2.84 bits per heavy atom. The molecule has 0 spiro atoms. The lowest BCUT2D eigenvalue weighted by Crippen LogP contribution is -2.23. The van der Waals surface area contributed by atoms with Crippen LogP contribution in [0.3, 0.4) is 0 Å². The van der Waals surface area contributed by atoms with Crippen molar-refractivity contribution in [1.29, 1.82) is 0 Å². The summed E-state index contributed by atoms with van der Waals surface area (Å²) in [5.74, 6) is 0. The number of hydrogen-bond donors (Lipinski definition) is 1. The van der Waals surface area contributed by atoms with E-state index in [0.717, 1.165) is 22.4 Å². The van der Waals surface area contributed by atoms with Gasteiger partial charge in [-0.05, 0) is 33.6 Å². The van der Waals surface area contributed by atoms with Gasteiger partial charge in [0.15, 0.2) is 0 Å². The van der Waals surface area contributed by atoms with Crippen LogP contribution in [0.15, 0.2) is 39.9 Å². The molecule has 2 rings (SSSR count). The van der Waals surface area contributed by atoms with Crippen LogP contribution in [0.1, 0.15) is 5.56 Å². The van der Waals surface area contributed by atoms with E-state index in [9.17, 15) is 14.9 Å². The summed E-state index contributed by atoms with van der Waals surface area (Å²) in [7, 11) is 0. The van der Waals surface area contributed by atoms with Crippen LogP contribution < -0.4 is 11.4 Å². The number of anilines is 1. The van der Waals surface area contributed by atoms with Crippen molar-refractivity contribution in [2.75, 3.05) is 5.73 Å². The number of rotatable bonds is 3. The molecule has 8 heteroatoms. The average Bonchev–Trinajstić information content (AvgIpc) is 2.36. The molecule has 98 valence electrons. The SMILES string of the molecule is Nc1cc(Cn2cc([N+](=O)[O-])cnc2=O)ccc1Br. The molecule has 7 nitrogen and oxygen atoms in total. The Bertz CT molecular complexity index is 699. The Morgan fingerprint density at radius 2 is 2.21 bits per heavy atom. The molecule has 0 aliphatic carbocycles. The van der Waals surface area contributed by atoms with Crippen LogP contribution in [-0.2, 0) is 6.54 Å². The molecule has 0 aliphatic heterocycles. The van der Waals surface area contributed by atoms with Crippen LogP contribution in [0.5, 0.6) is 0 Å². The molecular weight excluding hydrogens is 316 g/mol. The second kappa shape index (κ2) is 5.19. The van der Waals surface area contributed by atoms with Crippen molar-refractivity contribution >= 4 is 27.3 Å². The molecule has 0 aliphatic rings. The Balaban J connectivity index is 2.37. The second-order valence-electron chi connectivity index (χ2n) is 3.84. The molecule has 2 aromatic rings. The highest BCUT2D eigenvalue weighted by molar-refractivity contribution is 9.10. The predicted octanol–water partition coefficient (Wildman–Crippen LogP) is 1.54. The van der Waals surface area contributed by atoms with Gasteiger partial charge in [0.25, 0.3) is 0 Å². The van der Waals surface area contributed by atoms with Crippen molar-refractivity contribution < 1.29 is 4.92 Å². The van der Waals surface area contributed by atoms with Gasteiger partial charge in [-0.15, -0.1) is 0 Å². The summed E-state index contributed by atoms with van der Waals surface area (Å²) in [4.78, 5) is 25.0. The van der Waals surface area contributed by atoms with E-state index in [-0.39, 0.29) is 12.2 Å². The topological polar surface area (TPSA) is 104 Å². The first kappa shape index (κ1) is 13.2. The first-order valence-corrected chi connectivity index (χ1v) is 6.01. The quantitative estimate of drug-likeness (QED) is 0.524. The van der Waals surface area contributed by atoms with Crippen LogP contribution in [-0.4, -0.2) is 14.5 Å². The zero-order valence-corrected chi connectivity index (χ0v) is 11.2. The van der Waals surface area contributed by atoms with E-state index in [1.54, 1.807) is 18.2 Å². The number of aromatic nitrogens is 2. The van der Waals surface area contributed by atoms with Gasteiger partial charge >= 0.3 is 11.4 Å². The molecule has 0 unspecified atom stereocenters. The first-order valence-electron chi connectivity index (χ1n) is 5.22. The number of nitrogens with two attached hydrogens (primary N) is 1. The number of hydrogen-bond acceptors (Lipinski definition) is 5. The maximum Gasteiger partial charge on any atom is 0.348 e. The molecule has 1 heterocycles. The number of nitrogens with zero attached hydrogens (tertiary/aromatic N) is 3. The van der Waals surface area contributed by atoms with Crippen LogP contribution in [0.4, 0.5) is 11.4 Å². The van der Waals surface area contributed by atoms with Gasteiger partial charge in [0, 0.05) is 10.2 Å². The van der Waals surface area contributed by atoms with Gasteiger partial charge in [-0.2, -0.15) is 4.98 Å². The maximum atomic E-state index is 11.5. The van der Waals surface area contributed by atoms with E-state index in [0.29, 0.717) is 5.69 Å². The normalized spacial score (nSPS) is 10.4. The molecule has 0 atom stereocenters. The van der Waals surface area contributed by atoms with Crippen molar-refractivity contribution in [2.45, 2.75) is 6.54 Å². The number of halogens is 1. The van der Waals surface area contributed by atoms with E-state index < -0.39 is 10.6 Å². The lowest BCUT2D eigenvalue weighted by atomic mass is 10.2. The third kappa shape index (κ3) is 2.97. The minimum Gasteiger partial charge on any atom is -0.398 e. The predicted molar refractivity (Wildman–Crippen MR) is 72.8 cm³/mol. The van der Waals surface area contributed by atoms with Gasteiger partial charge in [0.1, 0.15) is 6.20 Å². The van der Waals surface area contributed by atoms with E-state index in [2.05, 4.69) is 20.9 Å². The largest absolute Gasteiger partial charge is 0.398 e. The molecule has 1 aromatic heterocycles. The van der Waals surface area contributed by atoms with Gasteiger partial charge in [0.2, 0.25) is 0 Å². The molecule has 0 amide bonds. The highest BCUT2D eigenvalue weighted by Crippen LogP contribution is 2.20. The molecule has 0 fully saturated rings. The summed E-state index contributed by atoms with van der Waals surface area (Å²) in [6.07, 6.45) is 2.10. The summed E-state index contributed by atoms with van der Waals surface area (Å²) >= 11 is 3.26. The van der Waals surface area contributed by atoms with Crippen molar-refractivity contribution in [2.24, 2.45) is 0 Å². The summed E-state index contributed by atoms with van der Waals surface area (Å²) in [5.41, 5.74) is 6.24. The van der Waals surface area contributed by atoms with Gasteiger partial charge in [-0.25, -0.2) is 4.79 Å². The van der Waals surface area contributed by atoms with E-state index >= 15 is 0 Å². The standard InChI is InChI=1S/C11H9BrN4O3/c12-9-2-1-7(3-10(9)13)5-15-6-8(16(18)19)4-14-11(15)17/h1-4,6H,5,13H2. The minimum atomic E-state index is -0.598. The van der Waals surface area contributed by atoms with Crippen LogP contribution in [0.2, 0.25) is 0 Å². The zero-order valence-electron chi connectivity index (χ0n) is 9.62. The highest BCUT2D eigenvalue weighted by Gasteiger charge is 2.09. The fourth-order valence-electron chi connectivity index (χ4n) is 1.54. The summed E-state index contributed by atoms with van der Waals surface area (Å²) in [6.45, 7) is 0.172. The molecular formula is C11H9BrN4O3. The minimum absolute atomic E-state index is 0.172. The fourth-order valence-corrected chi connectivity index (χ4v) is 1.79. The molecule has 19 heavy (non-hydrogen) atoms. The fraction of sp³-hybridized carbons (Fsp3) is 0.0909. The monoisotopic (exact) mass is 324 g/mol. The lowest BCUT2D eigenvalue weighted by molar-refractivity contribution is -0.385. The van der Waals surface area contributed by atoms with E-state index in [1.165, 1.54) is 4.57 Å². The molecule has 1 aromatic carbocycles. The second-order valence-corrected chi connectivity index (χ2v) is 4.69. The van der Waals surface area contributed by atoms with Crippen molar-refractivity contribution in [1.82, 2.24) is 9.55 Å². The van der Waals surface area contributed by atoms with Crippen LogP contribution in [0, 0.1) is 10.1 Å². The Morgan fingerprint density at radius 1 is 1.47 bits per heavy atom. The Hall–Kier alpha value is -2.22. The molecule has 0 radical (unpaired) electrons. The molecule has 0 bridgehead atoms. The highest BCUT2D eigenvalue weighted by atomic mass is 79.9. The number of benzene rings is 1. The Kier molecular flexibility index (Phi) is 3.61. The number of nitrogen functional groups attached to an aromatic ring is 1. The molecule has 0 saturated carbocycles. The summed E-state index contributed by atoms with van der Waals surface area (Å²) in [5, 5.41) is 10.6. The van der Waals surface area contributed by atoms with Crippen LogP contribution >= 0.6 is 15.9 Å². The van der Waals surface area contributed by atoms with Gasteiger partial charge in [-0.1, -0.05) is 6.07 Å². The van der Waals surface area contributed by atoms with Crippen LogP contribution in [0.25, 0.3) is 0 Å². The van der Waals surface area contributed by atoms with Crippen molar-refractivity contribution in [3.05, 3.63) is 61.2 Å². The third-order valence-corrected chi connectivity index (χ3v) is 3.19. The van der Waals surface area contributed by atoms with Gasteiger partial charge in [-0.3, -0.25) is 14.7 Å². The smallest absolute Gasteiger partial charge is 0.348 e. The molecule has 2 N–H and O–H groups in total.